The van der Waals surface area contributed by atoms with Gasteiger partial charge in [0.2, 0.25) is 0 Å². The second-order valence-electron chi connectivity index (χ2n) is 5.76. The van der Waals surface area contributed by atoms with Gasteiger partial charge in [-0.05, 0) is 30.7 Å². The van der Waals surface area contributed by atoms with Crippen molar-refractivity contribution in [1.82, 2.24) is 19.6 Å². The van der Waals surface area contributed by atoms with Crippen LogP contribution in [0.2, 0.25) is 0 Å². The number of halogens is 1. The van der Waals surface area contributed by atoms with Crippen molar-refractivity contribution in [3.05, 3.63) is 76.4 Å². The smallest absolute Gasteiger partial charge is 0.258 e. The molecule has 0 fully saturated rings. The fourth-order valence-electron chi connectivity index (χ4n) is 2.59. The van der Waals surface area contributed by atoms with Gasteiger partial charge in [-0.15, -0.1) is 21.5 Å². The van der Waals surface area contributed by atoms with Gasteiger partial charge >= 0.3 is 0 Å². The molecule has 0 aliphatic carbocycles. The second-order valence-corrected chi connectivity index (χ2v) is 6.85. The van der Waals surface area contributed by atoms with Crippen molar-refractivity contribution in [3.8, 4) is 0 Å². The molecule has 0 saturated heterocycles. The van der Waals surface area contributed by atoms with Crippen LogP contribution in [0.4, 0.5) is 9.52 Å². The minimum atomic E-state index is -0.271. The number of carbonyl (C=O) groups excluding carboxylic acids is 1. The number of hydrogen-bond donors (Lipinski definition) is 1. The summed E-state index contributed by atoms with van der Waals surface area (Å²) in [7, 11) is 0. The minimum absolute atomic E-state index is 0.242. The number of anilines is 1. The molecule has 1 amide bonds. The lowest BCUT2D eigenvalue weighted by atomic mass is 10.1. The molecule has 0 atom stereocenters. The molecule has 0 radical (unpaired) electrons. The van der Waals surface area contributed by atoms with E-state index in [1.165, 1.54) is 23.7 Å². The van der Waals surface area contributed by atoms with Crippen LogP contribution in [0.3, 0.4) is 0 Å². The zero-order valence-electron chi connectivity index (χ0n) is 13.8. The number of aromatic nitrogens is 4. The number of fused-ring (bicyclic) bond motifs is 1. The molecule has 3 aromatic heterocycles. The second kappa shape index (κ2) is 6.64. The summed E-state index contributed by atoms with van der Waals surface area (Å²) in [6.45, 7) is 1.85. The lowest BCUT2D eigenvalue weighted by Crippen LogP contribution is -2.12. The van der Waals surface area contributed by atoms with Gasteiger partial charge in [0.15, 0.2) is 10.8 Å². The van der Waals surface area contributed by atoms with Gasteiger partial charge in [-0.2, -0.15) is 0 Å². The molecule has 0 spiro atoms. The Bertz CT molecular complexity index is 1100. The topological polar surface area (TPSA) is 72.2 Å². The van der Waals surface area contributed by atoms with Gasteiger partial charge in [0.05, 0.1) is 11.3 Å². The summed E-state index contributed by atoms with van der Waals surface area (Å²) < 4.78 is 15.5. The molecule has 0 aliphatic rings. The number of benzene rings is 1. The van der Waals surface area contributed by atoms with Gasteiger partial charge in [0.1, 0.15) is 12.1 Å². The van der Waals surface area contributed by atoms with Gasteiger partial charge < -0.3 is 0 Å². The molecule has 1 aromatic carbocycles. The molecule has 0 saturated carbocycles. The van der Waals surface area contributed by atoms with E-state index in [2.05, 4.69) is 20.5 Å². The third-order valence-electron chi connectivity index (χ3n) is 3.98. The number of carbonyl (C=O) groups is 1. The van der Waals surface area contributed by atoms with Crippen LogP contribution in [-0.2, 0) is 6.42 Å². The van der Waals surface area contributed by atoms with Crippen LogP contribution in [0.1, 0.15) is 26.5 Å². The molecule has 4 aromatic rings. The van der Waals surface area contributed by atoms with Gasteiger partial charge in [-0.1, -0.05) is 18.2 Å². The monoisotopic (exact) mass is 367 g/mol. The fraction of sp³-hybridized carbons (Fsp3) is 0.111. The van der Waals surface area contributed by atoms with E-state index in [0.29, 0.717) is 28.3 Å². The Morgan fingerprint density at radius 3 is 2.96 bits per heavy atom. The molecule has 1 N–H and O–H groups in total. The van der Waals surface area contributed by atoms with E-state index in [1.54, 1.807) is 40.9 Å². The molecule has 0 aliphatic heterocycles. The number of nitrogens with zero attached hydrogens (tertiary/aromatic N) is 4. The molecule has 8 heteroatoms. The Morgan fingerprint density at radius 2 is 2.12 bits per heavy atom. The van der Waals surface area contributed by atoms with E-state index in [1.807, 2.05) is 6.92 Å². The first kappa shape index (κ1) is 16.3. The number of nitrogens with one attached hydrogen (secondary N) is 1. The summed E-state index contributed by atoms with van der Waals surface area (Å²) in [6.07, 6.45) is 3.64. The molecule has 130 valence electrons. The Hall–Kier alpha value is -3.13. The summed E-state index contributed by atoms with van der Waals surface area (Å²) in [6, 6.07) is 10.1. The van der Waals surface area contributed by atoms with Crippen LogP contribution in [0.15, 0.2) is 48.9 Å². The van der Waals surface area contributed by atoms with Crippen LogP contribution in [-0.4, -0.2) is 25.5 Å². The van der Waals surface area contributed by atoms with Crippen LogP contribution < -0.4 is 5.32 Å². The standard InChI is InChI=1S/C18H14FN5OS/c1-11-15(8-12-4-2-3-5-14(12)19)26-18(21-11)22-17(25)13-6-7-16-23-20-10-24(16)9-13/h2-7,9-10H,8H2,1H3,(H,21,22,25). The molecule has 3 heterocycles. The number of amides is 1. The normalized spacial score (nSPS) is 11.0. The van der Waals surface area contributed by atoms with Crippen molar-refractivity contribution < 1.29 is 9.18 Å². The molecule has 6 nitrogen and oxygen atoms in total. The van der Waals surface area contributed by atoms with Crippen molar-refractivity contribution in [1.29, 1.82) is 0 Å². The lowest BCUT2D eigenvalue weighted by molar-refractivity contribution is 0.102. The van der Waals surface area contributed by atoms with E-state index in [-0.39, 0.29) is 11.7 Å². The third kappa shape index (κ3) is 3.18. The maximum Gasteiger partial charge on any atom is 0.258 e. The van der Waals surface area contributed by atoms with Crippen molar-refractivity contribution in [2.75, 3.05) is 5.32 Å². The zero-order valence-corrected chi connectivity index (χ0v) is 14.6. The van der Waals surface area contributed by atoms with E-state index < -0.39 is 0 Å². The highest BCUT2D eigenvalue weighted by molar-refractivity contribution is 7.15. The van der Waals surface area contributed by atoms with Gasteiger partial charge in [-0.25, -0.2) is 9.37 Å². The third-order valence-corrected chi connectivity index (χ3v) is 5.05. The number of aryl methyl sites for hydroxylation is 1. The largest absolute Gasteiger partial charge is 0.298 e. The number of hydrogen-bond acceptors (Lipinski definition) is 5. The average molecular weight is 367 g/mol. The summed E-state index contributed by atoms with van der Waals surface area (Å²) >= 11 is 1.35. The van der Waals surface area contributed by atoms with Gasteiger partial charge in [0, 0.05) is 17.5 Å². The first-order valence-corrected chi connectivity index (χ1v) is 8.72. The molecule has 4 rings (SSSR count). The van der Waals surface area contributed by atoms with Crippen LogP contribution >= 0.6 is 11.3 Å². The van der Waals surface area contributed by atoms with E-state index in [4.69, 9.17) is 0 Å². The fourth-order valence-corrected chi connectivity index (χ4v) is 3.57. The van der Waals surface area contributed by atoms with Crippen molar-refractivity contribution >= 4 is 28.0 Å². The number of thiazole rings is 1. The predicted molar refractivity (Wildman–Crippen MR) is 97.0 cm³/mol. The minimum Gasteiger partial charge on any atom is -0.298 e. The summed E-state index contributed by atoms with van der Waals surface area (Å²) in [5, 5.41) is 11.0. The predicted octanol–water partition coefficient (Wildman–Crippen LogP) is 3.48. The van der Waals surface area contributed by atoms with Crippen LogP contribution in [0, 0.1) is 12.7 Å². The van der Waals surface area contributed by atoms with Crippen molar-refractivity contribution in [3.63, 3.8) is 0 Å². The molecular weight excluding hydrogens is 353 g/mol. The molecule has 0 bridgehead atoms. The van der Waals surface area contributed by atoms with Gasteiger partial charge in [0.25, 0.3) is 5.91 Å². The highest BCUT2D eigenvalue weighted by atomic mass is 32.1. The highest BCUT2D eigenvalue weighted by Gasteiger charge is 2.14. The lowest BCUT2D eigenvalue weighted by Gasteiger charge is -2.02. The SMILES string of the molecule is Cc1nc(NC(=O)c2ccc3nncn3c2)sc1Cc1ccccc1F. The maximum atomic E-state index is 13.8. The van der Waals surface area contributed by atoms with E-state index in [0.717, 1.165) is 10.6 Å². The summed E-state index contributed by atoms with van der Waals surface area (Å²) in [4.78, 5) is 17.8. The number of rotatable bonds is 4. The molecule has 26 heavy (non-hydrogen) atoms. The van der Waals surface area contributed by atoms with Crippen LogP contribution in [0.25, 0.3) is 5.65 Å². The Morgan fingerprint density at radius 1 is 1.27 bits per heavy atom. The first-order chi connectivity index (χ1) is 12.6. The summed E-state index contributed by atoms with van der Waals surface area (Å²) in [5.41, 5.74) is 2.53. The van der Waals surface area contributed by atoms with Gasteiger partial charge in [-0.3, -0.25) is 14.5 Å². The zero-order chi connectivity index (χ0) is 18.1. The van der Waals surface area contributed by atoms with Crippen molar-refractivity contribution in [2.45, 2.75) is 13.3 Å². The first-order valence-electron chi connectivity index (χ1n) is 7.90. The summed E-state index contributed by atoms with van der Waals surface area (Å²) in [5.74, 6) is -0.514. The Kier molecular flexibility index (Phi) is 4.18. The Labute approximate surface area is 152 Å². The maximum absolute atomic E-state index is 13.8. The van der Waals surface area contributed by atoms with Crippen LogP contribution in [0.5, 0.6) is 0 Å². The number of pyridine rings is 1. The average Bonchev–Trinajstić information content (AvgIpc) is 3.23. The van der Waals surface area contributed by atoms with E-state index >= 15 is 0 Å². The van der Waals surface area contributed by atoms with E-state index in [9.17, 15) is 9.18 Å². The Balaban J connectivity index is 1.53. The van der Waals surface area contributed by atoms with Crippen molar-refractivity contribution in [2.24, 2.45) is 0 Å². The highest BCUT2D eigenvalue weighted by Crippen LogP contribution is 2.26. The molecular formula is C18H14FN5OS. The quantitative estimate of drug-likeness (QED) is 0.599. The molecule has 0 unspecified atom stereocenters.